The molecule has 3 nitrogen and oxygen atoms in total. The van der Waals surface area contributed by atoms with Crippen molar-refractivity contribution in [3.05, 3.63) is 0 Å². The van der Waals surface area contributed by atoms with E-state index < -0.39 is 0 Å². The monoisotopic (exact) mass is 227 g/mol. The van der Waals surface area contributed by atoms with Crippen LogP contribution in [0.1, 0.15) is 46.0 Å². The van der Waals surface area contributed by atoms with Gasteiger partial charge in [0.1, 0.15) is 0 Å². The second-order valence-corrected chi connectivity index (χ2v) is 5.75. The molecule has 3 heteroatoms. The third kappa shape index (κ3) is 3.78. The number of quaternary nitrogens is 1. The smallest absolute Gasteiger partial charge is 0.275 e. The van der Waals surface area contributed by atoms with E-state index in [0.29, 0.717) is 18.6 Å². The number of rotatable bonds is 5. The van der Waals surface area contributed by atoms with Crippen molar-refractivity contribution in [1.82, 2.24) is 5.32 Å². The van der Waals surface area contributed by atoms with Crippen molar-refractivity contribution < 1.29 is 9.28 Å². The van der Waals surface area contributed by atoms with Crippen molar-refractivity contribution in [2.24, 2.45) is 0 Å². The summed E-state index contributed by atoms with van der Waals surface area (Å²) in [7, 11) is 4.37. The number of carbonyl (C=O) groups excluding carboxylic acids is 1. The maximum atomic E-state index is 11.9. The Morgan fingerprint density at radius 3 is 2.44 bits per heavy atom. The zero-order valence-corrected chi connectivity index (χ0v) is 11.3. The van der Waals surface area contributed by atoms with E-state index in [0.717, 1.165) is 10.9 Å². The number of nitrogens with one attached hydrogen (secondary N) is 1. The Kier molecular flexibility index (Phi) is 4.78. The molecular formula is C13H27N2O+. The molecule has 0 spiro atoms. The van der Waals surface area contributed by atoms with Crippen molar-refractivity contribution in [1.29, 1.82) is 0 Å². The second kappa shape index (κ2) is 5.67. The quantitative estimate of drug-likeness (QED) is 0.714. The highest BCUT2D eigenvalue weighted by Gasteiger charge is 2.33. The number of hydrogen-bond donors (Lipinski definition) is 1. The summed E-state index contributed by atoms with van der Waals surface area (Å²) >= 11 is 0. The predicted octanol–water partition coefficient (Wildman–Crippen LogP) is 1.92. The standard InChI is InChI=1S/C13H26N2O/c1-5-11(2)14-13(16)10-15(3,4)12-8-6-7-9-12/h11-12H,5-10H2,1-4H3/p+1/t11-/m0/s1. The Hall–Kier alpha value is -0.570. The highest BCUT2D eigenvalue weighted by Crippen LogP contribution is 2.26. The van der Waals surface area contributed by atoms with Gasteiger partial charge >= 0.3 is 0 Å². The molecule has 0 aromatic heterocycles. The maximum Gasteiger partial charge on any atom is 0.275 e. The Balaban J connectivity index is 2.41. The molecule has 1 N–H and O–H groups in total. The van der Waals surface area contributed by atoms with Gasteiger partial charge in [-0.1, -0.05) is 6.92 Å². The zero-order valence-electron chi connectivity index (χ0n) is 11.3. The number of nitrogens with zero attached hydrogens (tertiary/aromatic N) is 1. The molecule has 1 rings (SSSR count). The molecule has 0 aromatic carbocycles. The molecule has 1 amide bonds. The normalized spacial score (nSPS) is 19.8. The van der Waals surface area contributed by atoms with Crippen LogP contribution < -0.4 is 5.32 Å². The van der Waals surface area contributed by atoms with Gasteiger partial charge in [0.2, 0.25) is 0 Å². The Labute approximate surface area is 99.8 Å². The van der Waals surface area contributed by atoms with Crippen LogP contribution in [0.2, 0.25) is 0 Å². The summed E-state index contributed by atoms with van der Waals surface area (Å²) in [6, 6.07) is 0.985. The molecule has 0 saturated heterocycles. The number of hydrogen-bond acceptors (Lipinski definition) is 1. The fraction of sp³-hybridized carbons (Fsp3) is 0.923. The summed E-state index contributed by atoms with van der Waals surface area (Å²) in [5, 5.41) is 3.05. The van der Waals surface area contributed by atoms with E-state index in [1.54, 1.807) is 0 Å². The van der Waals surface area contributed by atoms with Gasteiger partial charge in [-0.05, 0) is 39.0 Å². The molecule has 0 aliphatic heterocycles. The number of likely N-dealkylation sites (N-methyl/N-ethyl adjacent to an activating group) is 1. The molecule has 1 saturated carbocycles. The van der Waals surface area contributed by atoms with E-state index in [1.807, 2.05) is 0 Å². The first-order valence-electron chi connectivity index (χ1n) is 6.57. The van der Waals surface area contributed by atoms with Crippen LogP contribution in [-0.2, 0) is 4.79 Å². The molecule has 0 heterocycles. The van der Waals surface area contributed by atoms with E-state index in [4.69, 9.17) is 0 Å². The van der Waals surface area contributed by atoms with Crippen molar-refractivity contribution >= 4 is 5.91 Å². The molecule has 0 aromatic rings. The van der Waals surface area contributed by atoms with Crippen LogP contribution in [0.5, 0.6) is 0 Å². The number of carbonyl (C=O) groups is 1. The fourth-order valence-electron chi connectivity index (χ4n) is 2.52. The molecule has 1 atom stereocenters. The Morgan fingerprint density at radius 1 is 1.38 bits per heavy atom. The van der Waals surface area contributed by atoms with E-state index in [9.17, 15) is 4.79 Å². The third-order valence-corrected chi connectivity index (χ3v) is 3.88. The van der Waals surface area contributed by atoms with Crippen LogP contribution in [0.25, 0.3) is 0 Å². The molecule has 1 aliphatic carbocycles. The fourth-order valence-corrected chi connectivity index (χ4v) is 2.52. The molecule has 0 radical (unpaired) electrons. The van der Waals surface area contributed by atoms with Gasteiger partial charge in [0, 0.05) is 6.04 Å². The van der Waals surface area contributed by atoms with Crippen LogP contribution >= 0.6 is 0 Å². The highest BCUT2D eigenvalue weighted by atomic mass is 16.2. The largest absolute Gasteiger partial charge is 0.349 e. The third-order valence-electron chi connectivity index (χ3n) is 3.88. The number of amides is 1. The predicted molar refractivity (Wildman–Crippen MR) is 67.1 cm³/mol. The van der Waals surface area contributed by atoms with Crippen molar-refractivity contribution in [3.63, 3.8) is 0 Å². The van der Waals surface area contributed by atoms with Gasteiger partial charge in [0.15, 0.2) is 6.54 Å². The first-order chi connectivity index (χ1) is 7.45. The van der Waals surface area contributed by atoms with Gasteiger partial charge in [-0.2, -0.15) is 0 Å². The summed E-state index contributed by atoms with van der Waals surface area (Å²) in [5.74, 6) is 0.200. The molecule has 1 aliphatic rings. The average molecular weight is 227 g/mol. The zero-order chi connectivity index (χ0) is 12.2. The first kappa shape index (κ1) is 13.5. The van der Waals surface area contributed by atoms with Gasteiger partial charge in [0.05, 0.1) is 20.1 Å². The molecule has 1 fully saturated rings. The van der Waals surface area contributed by atoms with E-state index in [-0.39, 0.29) is 5.91 Å². The minimum Gasteiger partial charge on any atom is -0.349 e. The van der Waals surface area contributed by atoms with E-state index >= 15 is 0 Å². The minimum absolute atomic E-state index is 0.200. The molecule has 0 unspecified atom stereocenters. The summed E-state index contributed by atoms with van der Waals surface area (Å²) in [4.78, 5) is 11.9. The van der Waals surface area contributed by atoms with Crippen molar-refractivity contribution in [2.45, 2.75) is 58.0 Å². The van der Waals surface area contributed by atoms with Crippen LogP contribution in [0.15, 0.2) is 0 Å². The lowest BCUT2D eigenvalue weighted by Crippen LogP contribution is -2.53. The van der Waals surface area contributed by atoms with E-state index in [2.05, 4.69) is 33.3 Å². The average Bonchev–Trinajstić information content (AvgIpc) is 2.69. The lowest BCUT2D eigenvalue weighted by atomic mass is 10.2. The summed E-state index contributed by atoms with van der Waals surface area (Å²) in [5.41, 5.74) is 0. The van der Waals surface area contributed by atoms with E-state index in [1.165, 1.54) is 25.7 Å². The van der Waals surface area contributed by atoms with Gasteiger partial charge in [-0.25, -0.2) is 0 Å². The van der Waals surface area contributed by atoms with Crippen LogP contribution in [0.4, 0.5) is 0 Å². The summed E-state index contributed by atoms with van der Waals surface area (Å²) in [6.07, 6.45) is 6.23. The van der Waals surface area contributed by atoms with Gasteiger partial charge in [-0.15, -0.1) is 0 Å². The minimum atomic E-state index is 0.200. The topological polar surface area (TPSA) is 29.1 Å². The van der Waals surface area contributed by atoms with Crippen LogP contribution in [0.3, 0.4) is 0 Å². The summed E-state index contributed by atoms with van der Waals surface area (Å²) < 4.78 is 0.849. The van der Waals surface area contributed by atoms with Crippen LogP contribution in [-0.4, -0.2) is 43.1 Å². The molecule has 0 bridgehead atoms. The SMILES string of the molecule is CC[C@H](C)NC(=O)C[N+](C)(C)C1CCCC1. The Bertz CT molecular complexity index is 232. The molecular weight excluding hydrogens is 200 g/mol. The van der Waals surface area contributed by atoms with Gasteiger partial charge in [-0.3, -0.25) is 4.79 Å². The van der Waals surface area contributed by atoms with Crippen molar-refractivity contribution in [3.8, 4) is 0 Å². The van der Waals surface area contributed by atoms with Gasteiger partial charge in [0.25, 0.3) is 5.91 Å². The Morgan fingerprint density at radius 2 is 1.94 bits per heavy atom. The highest BCUT2D eigenvalue weighted by molar-refractivity contribution is 5.77. The molecule has 16 heavy (non-hydrogen) atoms. The van der Waals surface area contributed by atoms with Crippen molar-refractivity contribution in [2.75, 3.05) is 20.6 Å². The summed E-state index contributed by atoms with van der Waals surface area (Å²) in [6.45, 7) is 4.78. The van der Waals surface area contributed by atoms with Crippen LogP contribution in [0, 0.1) is 0 Å². The lowest BCUT2D eigenvalue weighted by Gasteiger charge is -2.35. The van der Waals surface area contributed by atoms with Gasteiger partial charge < -0.3 is 9.80 Å². The maximum absolute atomic E-state index is 11.9. The lowest BCUT2D eigenvalue weighted by molar-refractivity contribution is -0.906. The second-order valence-electron chi connectivity index (χ2n) is 5.75. The molecule has 94 valence electrons. The first-order valence-corrected chi connectivity index (χ1v) is 6.57.